The first kappa shape index (κ1) is 13.5. The van der Waals surface area contributed by atoms with Gasteiger partial charge in [-0.3, -0.25) is 9.78 Å². The van der Waals surface area contributed by atoms with Crippen molar-refractivity contribution in [2.75, 3.05) is 13.7 Å². The zero-order chi connectivity index (χ0) is 13.8. The second kappa shape index (κ2) is 5.79. The molecule has 1 aromatic rings. The first-order valence-electron chi connectivity index (χ1n) is 6.10. The molecule has 0 radical (unpaired) electrons. The maximum atomic E-state index is 12.3. The van der Waals surface area contributed by atoms with Crippen molar-refractivity contribution in [1.82, 2.24) is 9.88 Å². The van der Waals surface area contributed by atoms with Gasteiger partial charge in [-0.15, -0.1) is 0 Å². The van der Waals surface area contributed by atoms with Gasteiger partial charge < -0.3 is 14.7 Å². The number of amides is 1. The minimum atomic E-state index is -0.735. The molecule has 6 nitrogen and oxygen atoms in total. The van der Waals surface area contributed by atoms with E-state index >= 15 is 0 Å². The van der Waals surface area contributed by atoms with Crippen LogP contribution < -0.4 is 0 Å². The van der Waals surface area contributed by atoms with E-state index in [-0.39, 0.29) is 12.3 Å². The van der Waals surface area contributed by atoms with Crippen molar-refractivity contribution >= 4 is 11.9 Å². The van der Waals surface area contributed by atoms with Gasteiger partial charge in [-0.05, 0) is 18.6 Å². The molecule has 6 heteroatoms. The summed E-state index contributed by atoms with van der Waals surface area (Å²) in [6.07, 6.45) is 3.12. The fourth-order valence-corrected chi connectivity index (χ4v) is 2.20. The molecule has 0 aromatic carbocycles. The predicted octanol–water partition coefficient (Wildman–Crippen LogP) is 0.220. The number of aromatic nitrogens is 1. The number of esters is 1. The SMILES string of the molecule is COC(=O)[C@H]1C[C@@H](O)CCN1C(=O)c1cccnc1. The summed E-state index contributed by atoms with van der Waals surface area (Å²) < 4.78 is 4.69. The molecule has 2 atom stereocenters. The van der Waals surface area contributed by atoms with Crippen LogP contribution in [0.3, 0.4) is 0 Å². The van der Waals surface area contributed by atoms with Gasteiger partial charge in [0.25, 0.3) is 5.91 Å². The number of likely N-dealkylation sites (tertiary alicyclic amines) is 1. The summed E-state index contributed by atoms with van der Waals surface area (Å²) in [5.41, 5.74) is 0.424. The Kier molecular flexibility index (Phi) is 4.11. The van der Waals surface area contributed by atoms with Gasteiger partial charge in [0, 0.05) is 25.4 Å². The number of pyridine rings is 1. The topological polar surface area (TPSA) is 79.7 Å². The van der Waals surface area contributed by atoms with E-state index in [9.17, 15) is 14.7 Å². The number of carbonyl (C=O) groups excluding carboxylic acids is 2. The molecule has 102 valence electrons. The lowest BCUT2D eigenvalue weighted by Gasteiger charge is -2.36. The molecular formula is C13H16N2O4. The van der Waals surface area contributed by atoms with E-state index in [1.165, 1.54) is 18.2 Å². The van der Waals surface area contributed by atoms with E-state index < -0.39 is 18.1 Å². The molecule has 0 bridgehead atoms. The average molecular weight is 264 g/mol. The van der Waals surface area contributed by atoms with Crippen LogP contribution >= 0.6 is 0 Å². The smallest absolute Gasteiger partial charge is 0.328 e. The van der Waals surface area contributed by atoms with Gasteiger partial charge in [0.05, 0.1) is 18.8 Å². The highest BCUT2D eigenvalue weighted by Gasteiger charge is 2.36. The van der Waals surface area contributed by atoms with E-state index in [1.807, 2.05) is 0 Å². The maximum absolute atomic E-state index is 12.3. The zero-order valence-electron chi connectivity index (χ0n) is 10.7. The summed E-state index contributed by atoms with van der Waals surface area (Å²) in [5, 5.41) is 9.64. The lowest BCUT2D eigenvalue weighted by Crippen LogP contribution is -2.51. The Hall–Kier alpha value is -1.95. The van der Waals surface area contributed by atoms with Crippen LogP contribution in [0, 0.1) is 0 Å². The third-order valence-electron chi connectivity index (χ3n) is 3.22. The number of ether oxygens (including phenoxy) is 1. The molecule has 2 heterocycles. The Morgan fingerprint density at radius 3 is 2.95 bits per heavy atom. The molecule has 0 aliphatic carbocycles. The van der Waals surface area contributed by atoms with Crippen molar-refractivity contribution in [3.63, 3.8) is 0 Å². The number of hydrogen-bond acceptors (Lipinski definition) is 5. The highest BCUT2D eigenvalue weighted by atomic mass is 16.5. The number of piperidine rings is 1. The van der Waals surface area contributed by atoms with E-state index in [0.29, 0.717) is 18.5 Å². The van der Waals surface area contributed by atoms with Crippen LogP contribution in [0.25, 0.3) is 0 Å². The van der Waals surface area contributed by atoms with Gasteiger partial charge in [0.2, 0.25) is 0 Å². The molecule has 1 aliphatic heterocycles. The van der Waals surface area contributed by atoms with Crippen LogP contribution in [0.4, 0.5) is 0 Å². The van der Waals surface area contributed by atoms with Crippen LogP contribution in [-0.4, -0.2) is 52.7 Å². The Balaban J connectivity index is 2.21. The fourth-order valence-electron chi connectivity index (χ4n) is 2.20. The number of hydrogen-bond donors (Lipinski definition) is 1. The van der Waals surface area contributed by atoms with E-state index in [1.54, 1.807) is 18.3 Å². The molecule has 0 unspecified atom stereocenters. The molecule has 0 saturated carbocycles. The number of carbonyl (C=O) groups is 2. The largest absolute Gasteiger partial charge is 0.467 e. The Labute approximate surface area is 111 Å². The fraction of sp³-hybridized carbons (Fsp3) is 0.462. The summed E-state index contributed by atoms with van der Waals surface area (Å²) >= 11 is 0. The molecule has 0 spiro atoms. The number of aliphatic hydroxyl groups excluding tert-OH is 1. The van der Waals surface area contributed by atoms with Crippen LogP contribution in [0.15, 0.2) is 24.5 Å². The Bertz CT molecular complexity index is 463. The molecule has 1 aromatic heterocycles. The average Bonchev–Trinajstić information content (AvgIpc) is 2.46. The predicted molar refractivity (Wildman–Crippen MR) is 66.3 cm³/mol. The minimum Gasteiger partial charge on any atom is -0.467 e. The maximum Gasteiger partial charge on any atom is 0.328 e. The van der Waals surface area contributed by atoms with Gasteiger partial charge in [0.15, 0.2) is 0 Å². The van der Waals surface area contributed by atoms with Gasteiger partial charge in [-0.2, -0.15) is 0 Å². The summed E-state index contributed by atoms with van der Waals surface area (Å²) in [6, 6.07) is 2.58. The molecular weight excluding hydrogens is 248 g/mol. The van der Waals surface area contributed by atoms with Crippen LogP contribution in [0.2, 0.25) is 0 Å². The molecule has 19 heavy (non-hydrogen) atoms. The minimum absolute atomic E-state index is 0.207. The lowest BCUT2D eigenvalue weighted by atomic mass is 9.98. The van der Waals surface area contributed by atoms with E-state index in [4.69, 9.17) is 4.74 Å². The summed E-state index contributed by atoms with van der Waals surface area (Å²) in [5.74, 6) is -0.772. The van der Waals surface area contributed by atoms with Gasteiger partial charge >= 0.3 is 5.97 Å². The van der Waals surface area contributed by atoms with Gasteiger partial charge in [-0.25, -0.2) is 4.79 Å². The second-order valence-electron chi connectivity index (χ2n) is 4.46. The summed E-state index contributed by atoms with van der Waals surface area (Å²) in [4.78, 5) is 29.4. The number of nitrogens with zero attached hydrogens (tertiary/aromatic N) is 2. The number of methoxy groups -OCH3 is 1. The molecule has 1 amide bonds. The Morgan fingerprint density at radius 1 is 1.53 bits per heavy atom. The van der Waals surface area contributed by atoms with Crippen molar-refractivity contribution in [2.24, 2.45) is 0 Å². The molecule has 1 fully saturated rings. The zero-order valence-corrected chi connectivity index (χ0v) is 10.7. The quantitative estimate of drug-likeness (QED) is 0.773. The summed E-state index contributed by atoms with van der Waals surface area (Å²) in [7, 11) is 1.27. The molecule has 1 N–H and O–H groups in total. The Morgan fingerprint density at radius 2 is 2.32 bits per heavy atom. The van der Waals surface area contributed by atoms with E-state index in [2.05, 4.69) is 4.98 Å². The normalized spacial score (nSPS) is 22.9. The van der Waals surface area contributed by atoms with Crippen molar-refractivity contribution in [3.8, 4) is 0 Å². The highest BCUT2D eigenvalue weighted by Crippen LogP contribution is 2.21. The highest BCUT2D eigenvalue weighted by molar-refractivity contribution is 5.96. The number of rotatable bonds is 2. The van der Waals surface area contributed by atoms with Gasteiger partial charge in [-0.1, -0.05) is 0 Å². The van der Waals surface area contributed by atoms with Crippen LogP contribution in [0.1, 0.15) is 23.2 Å². The van der Waals surface area contributed by atoms with Crippen molar-refractivity contribution in [3.05, 3.63) is 30.1 Å². The molecule has 1 saturated heterocycles. The lowest BCUT2D eigenvalue weighted by molar-refractivity contribution is -0.148. The summed E-state index contributed by atoms with van der Waals surface area (Å²) in [6.45, 7) is 0.328. The van der Waals surface area contributed by atoms with Crippen molar-refractivity contribution in [1.29, 1.82) is 0 Å². The first-order chi connectivity index (χ1) is 9.13. The van der Waals surface area contributed by atoms with E-state index in [0.717, 1.165) is 0 Å². The van der Waals surface area contributed by atoms with Crippen LogP contribution in [-0.2, 0) is 9.53 Å². The monoisotopic (exact) mass is 264 g/mol. The van der Waals surface area contributed by atoms with Crippen LogP contribution in [0.5, 0.6) is 0 Å². The number of aliphatic hydroxyl groups is 1. The first-order valence-corrected chi connectivity index (χ1v) is 6.10. The van der Waals surface area contributed by atoms with Gasteiger partial charge in [0.1, 0.15) is 6.04 Å². The molecule has 1 aliphatic rings. The standard InChI is InChI=1S/C13H16N2O4/c1-19-13(18)11-7-10(16)4-6-15(11)12(17)9-3-2-5-14-8-9/h2-3,5,8,10-11,16H,4,6-7H2,1H3/t10-,11+/m0/s1. The second-order valence-corrected chi connectivity index (χ2v) is 4.46. The van der Waals surface area contributed by atoms with Crippen molar-refractivity contribution < 1.29 is 19.4 Å². The third kappa shape index (κ3) is 2.90. The van der Waals surface area contributed by atoms with Crippen molar-refractivity contribution in [2.45, 2.75) is 25.0 Å². The molecule has 2 rings (SSSR count). The third-order valence-corrected chi connectivity index (χ3v) is 3.22.